The van der Waals surface area contributed by atoms with Gasteiger partial charge in [-0.25, -0.2) is 4.98 Å². The molecule has 0 radical (unpaired) electrons. The van der Waals surface area contributed by atoms with Crippen LogP contribution in [-0.2, 0) is 11.8 Å². The third-order valence-corrected chi connectivity index (χ3v) is 5.08. The lowest BCUT2D eigenvalue weighted by Gasteiger charge is -2.19. The fourth-order valence-electron chi connectivity index (χ4n) is 3.41. The molecule has 32 heavy (non-hydrogen) atoms. The van der Waals surface area contributed by atoms with Crippen LogP contribution in [0.15, 0.2) is 97.3 Å². The predicted molar refractivity (Wildman–Crippen MR) is 121 cm³/mol. The minimum atomic E-state index is -0.391. The first kappa shape index (κ1) is 21.1. The average Bonchev–Trinajstić information content (AvgIpc) is 3.27. The summed E-state index contributed by atoms with van der Waals surface area (Å²) >= 11 is 0. The Bertz CT molecular complexity index is 1190. The van der Waals surface area contributed by atoms with Gasteiger partial charge in [0, 0.05) is 30.6 Å². The molecule has 0 fully saturated rings. The number of ether oxygens (including phenoxy) is 1. The number of hydrogen-bond donors (Lipinski definition) is 1. The van der Waals surface area contributed by atoms with Crippen molar-refractivity contribution < 1.29 is 14.3 Å². The van der Waals surface area contributed by atoms with Gasteiger partial charge in [-0.1, -0.05) is 60.7 Å². The quantitative estimate of drug-likeness (QED) is 0.434. The van der Waals surface area contributed by atoms with Crippen molar-refractivity contribution in [2.24, 2.45) is 7.05 Å². The smallest absolute Gasteiger partial charge is 0.258 e. The van der Waals surface area contributed by atoms with E-state index in [4.69, 9.17) is 4.74 Å². The summed E-state index contributed by atoms with van der Waals surface area (Å²) in [7, 11) is 1.89. The molecule has 1 amide bonds. The van der Waals surface area contributed by atoms with E-state index in [1.165, 1.54) is 0 Å². The predicted octanol–water partition coefficient (Wildman–Crippen LogP) is 3.94. The topological polar surface area (TPSA) is 73.2 Å². The Morgan fingerprint density at radius 2 is 1.53 bits per heavy atom. The van der Waals surface area contributed by atoms with Crippen molar-refractivity contribution in [1.82, 2.24) is 14.9 Å². The standard InChI is InChI=1S/C26H23N3O3/c1-29-17-16-27-26(29)24(19-8-4-2-5-9-19)28-23(30)18-32-22-14-12-21(13-15-22)25(31)20-10-6-3-7-11-20/h2-17,24H,18H2,1H3,(H,28,30). The maximum atomic E-state index is 12.6. The molecule has 1 atom stereocenters. The summed E-state index contributed by atoms with van der Waals surface area (Å²) < 4.78 is 7.52. The molecule has 3 aromatic carbocycles. The van der Waals surface area contributed by atoms with Gasteiger partial charge in [0.25, 0.3) is 5.91 Å². The first-order valence-electron chi connectivity index (χ1n) is 10.3. The number of carbonyl (C=O) groups excluding carboxylic acids is 2. The lowest BCUT2D eigenvalue weighted by atomic mass is 10.0. The molecular formula is C26H23N3O3. The van der Waals surface area contributed by atoms with Crippen LogP contribution in [-0.4, -0.2) is 27.8 Å². The molecule has 4 rings (SSSR count). The highest BCUT2D eigenvalue weighted by molar-refractivity contribution is 6.08. The maximum Gasteiger partial charge on any atom is 0.258 e. The molecule has 1 heterocycles. The van der Waals surface area contributed by atoms with Crippen molar-refractivity contribution in [3.63, 3.8) is 0 Å². The molecule has 0 aliphatic rings. The molecule has 0 spiro atoms. The molecule has 0 saturated heterocycles. The first-order chi connectivity index (χ1) is 15.6. The van der Waals surface area contributed by atoms with E-state index >= 15 is 0 Å². The molecule has 1 unspecified atom stereocenters. The zero-order chi connectivity index (χ0) is 22.3. The Hall–Kier alpha value is -4.19. The van der Waals surface area contributed by atoms with Gasteiger partial charge >= 0.3 is 0 Å². The minimum Gasteiger partial charge on any atom is -0.484 e. The molecule has 0 bridgehead atoms. The van der Waals surface area contributed by atoms with Gasteiger partial charge in [0.15, 0.2) is 12.4 Å². The largest absolute Gasteiger partial charge is 0.484 e. The van der Waals surface area contributed by atoms with E-state index in [1.807, 2.05) is 66.3 Å². The molecule has 6 heteroatoms. The van der Waals surface area contributed by atoms with E-state index < -0.39 is 6.04 Å². The summed E-state index contributed by atoms with van der Waals surface area (Å²) in [4.78, 5) is 29.5. The van der Waals surface area contributed by atoms with Crippen LogP contribution in [0.3, 0.4) is 0 Å². The van der Waals surface area contributed by atoms with E-state index in [0.717, 1.165) is 11.4 Å². The summed E-state index contributed by atoms with van der Waals surface area (Å²) in [5, 5.41) is 3.00. The second-order valence-electron chi connectivity index (χ2n) is 7.32. The van der Waals surface area contributed by atoms with Crippen LogP contribution in [0.2, 0.25) is 0 Å². The van der Waals surface area contributed by atoms with Crippen molar-refractivity contribution in [3.05, 3.63) is 120 Å². The van der Waals surface area contributed by atoms with Gasteiger partial charge in [0.2, 0.25) is 0 Å². The Balaban J connectivity index is 1.39. The van der Waals surface area contributed by atoms with Gasteiger partial charge in [-0.05, 0) is 29.8 Å². The third-order valence-electron chi connectivity index (χ3n) is 5.08. The fourth-order valence-corrected chi connectivity index (χ4v) is 3.41. The number of imidazole rings is 1. The Morgan fingerprint density at radius 3 is 2.16 bits per heavy atom. The zero-order valence-corrected chi connectivity index (χ0v) is 17.6. The van der Waals surface area contributed by atoms with Crippen molar-refractivity contribution in [2.45, 2.75) is 6.04 Å². The van der Waals surface area contributed by atoms with Gasteiger partial charge in [-0.15, -0.1) is 0 Å². The normalized spacial score (nSPS) is 11.5. The monoisotopic (exact) mass is 425 g/mol. The number of ketones is 1. The second-order valence-corrected chi connectivity index (χ2v) is 7.32. The number of benzene rings is 3. The lowest BCUT2D eigenvalue weighted by molar-refractivity contribution is -0.123. The van der Waals surface area contributed by atoms with Crippen molar-refractivity contribution in [1.29, 1.82) is 0 Å². The highest BCUT2D eigenvalue weighted by atomic mass is 16.5. The van der Waals surface area contributed by atoms with E-state index in [-0.39, 0.29) is 18.3 Å². The van der Waals surface area contributed by atoms with Crippen LogP contribution in [0, 0.1) is 0 Å². The van der Waals surface area contributed by atoms with Crippen molar-refractivity contribution in [3.8, 4) is 5.75 Å². The van der Waals surface area contributed by atoms with Crippen LogP contribution < -0.4 is 10.1 Å². The van der Waals surface area contributed by atoms with Gasteiger partial charge in [-0.3, -0.25) is 9.59 Å². The summed E-state index contributed by atoms with van der Waals surface area (Å²) in [5.41, 5.74) is 2.12. The summed E-state index contributed by atoms with van der Waals surface area (Å²) in [6.45, 7) is -0.153. The molecular weight excluding hydrogens is 402 g/mol. The van der Waals surface area contributed by atoms with E-state index in [0.29, 0.717) is 16.9 Å². The Morgan fingerprint density at radius 1 is 0.906 bits per heavy atom. The summed E-state index contributed by atoms with van der Waals surface area (Å²) in [6.07, 6.45) is 3.54. The van der Waals surface area contributed by atoms with Gasteiger partial charge < -0.3 is 14.6 Å². The zero-order valence-electron chi connectivity index (χ0n) is 17.6. The Labute approximate surface area is 186 Å². The number of hydrogen-bond acceptors (Lipinski definition) is 4. The van der Waals surface area contributed by atoms with Gasteiger partial charge in [0.05, 0.1) is 0 Å². The number of nitrogens with zero attached hydrogens (tertiary/aromatic N) is 2. The number of amides is 1. The van der Waals surface area contributed by atoms with Gasteiger partial charge in [0.1, 0.15) is 17.6 Å². The summed E-state index contributed by atoms with van der Waals surface area (Å²) in [6, 6.07) is 25.1. The van der Waals surface area contributed by atoms with Crippen LogP contribution in [0.4, 0.5) is 0 Å². The van der Waals surface area contributed by atoms with Crippen LogP contribution in [0.5, 0.6) is 5.75 Å². The maximum absolute atomic E-state index is 12.6. The molecule has 4 aromatic rings. The molecule has 0 aliphatic heterocycles. The highest BCUT2D eigenvalue weighted by Gasteiger charge is 2.20. The number of rotatable bonds is 8. The van der Waals surface area contributed by atoms with E-state index in [9.17, 15) is 9.59 Å². The molecule has 0 aliphatic carbocycles. The van der Waals surface area contributed by atoms with Crippen LogP contribution in [0.1, 0.15) is 33.4 Å². The van der Waals surface area contributed by atoms with Crippen molar-refractivity contribution >= 4 is 11.7 Å². The third kappa shape index (κ3) is 4.92. The highest BCUT2D eigenvalue weighted by Crippen LogP contribution is 2.20. The Kier molecular flexibility index (Phi) is 6.41. The minimum absolute atomic E-state index is 0.0596. The lowest BCUT2D eigenvalue weighted by Crippen LogP contribution is -2.34. The fraction of sp³-hybridized carbons (Fsp3) is 0.115. The SMILES string of the molecule is Cn1ccnc1C(NC(=O)COc1ccc(C(=O)c2ccccc2)cc1)c1ccccc1. The molecule has 1 N–H and O–H groups in total. The van der Waals surface area contributed by atoms with Crippen LogP contribution >= 0.6 is 0 Å². The summed E-state index contributed by atoms with van der Waals surface area (Å²) in [5.74, 6) is 0.910. The average molecular weight is 425 g/mol. The number of nitrogens with one attached hydrogen (secondary N) is 1. The van der Waals surface area contributed by atoms with Crippen molar-refractivity contribution in [2.75, 3.05) is 6.61 Å². The van der Waals surface area contributed by atoms with E-state index in [2.05, 4.69) is 10.3 Å². The van der Waals surface area contributed by atoms with Gasteiger partial charge in [-0.2, -0.15) is 0 Å². The molecule has 6 nitrogen and oxygen atoms in total. The second kappa shape index (κ2) is 9.75. The number of aryl methyl sites for hydroxylation is 1. The van der Waals surface area contributed by atoms with E-state index in [1.54, 1.807) is 42.6 Å². The molecule has 1 aromatic heterocycles. The first-order valence-corrected chi connectivity index (χ1v) is 10.3. The molecule has 0 saturated carbocycles. The number of aromatic nitrogens is 2. The molecule has 160 valence electrons. The van der Waals surface area contributed by atoms with Crippen LogP contribution in [0.25, 0.3) is 0 Å². The number of carbonyl (C=O) groups is 2.